The quantitative estimate of drug-likeness (QED) is 0.768. The number of aromatic nitrogens is 1. The molecule has 0 N–H and O–H groups in total. The Morgan fingerprint density at radius 3 is 2.91 bits per heavy atom. The van der Waals surface area contributed by atoms with Gasteiger partial charge in [-0.15, -0.1) is 0 Å². The van der Waals surface area contributed by atoms with Crippen molar-refractivity contribution in [3.63, 3.8) is 0 Å². The van der Waals surface area contributed by atoms with Gasteiger partial charge in [-0.1, -0.05) is 22.0 Å². The highest BCUT2D eigenvalue weighted by Gasteiger charge is 2.24. The molecule has 0 saturated carbocycles. The zero-order valence-corrected chi connectivity index (χ0v) is 13.4. The molecule has 1 atom stereocenters. The molecule has 2 aromatic rings. The fourth-order valence-electron chi connectivity index (χ4n) is 2.62. The Hall–Kier alpha value is -1.53. The first-order chi connectivity index (χ1) is 10.6. The van der Waals surface area contributed by atoms with Gasteiger partial charge in [-0.3, -0.25) is 4.90 Å². The molecule has 1 aliphatic rings. The van der Waals surface area contributed by atoms with Gasteiger partial charge in [0.1, 0.15) is 11.9 Å². The summed E-state index contributed by atoms with van der Waals surface area (Å²) in [6.07, 6.45) is 0.820. The van der Waals surface area contributed by atoms with Gasteiger partial charge in [0.25, 0.3) is 0 Å². The maximum Gasteiger partial charge on any atom is 0.216 e. The summed E-state index contributed by atoms with van der Waals surface area (Å²) in [5, 5.41) is 0. The number of halogens is 3. The summed E-state index contributed by atoms with van der Waals surface area (Å²) in [4.78, 5) is 5.89. The Balaban J connectivity index is 1.58. The largest absolute Gasteiger partial charge is 0.473 e. The van der Waals surface area contributed by atoms with E-state index in [1.54, 1.807) is 12.1 Å². The van der Waals surface area contributed by atoms with E-state index in [-0.39, 0.29) is 11.9 Å². The van der Waals surface area contributed by atoms with E-state index >= 15 is 0 Å². The van der Waals surface area contributed by atoms with Crippen LogP contribution in [0.3, 0.4) is 0 Å². The average Bonchev–Trinajstić information content (AvgIpc) is 2.84. The van der Waals surface area contributed by atoms with E-state index in [0.717, 1.165) is 23.0 Å². The van der Waals surface area contributed by atoms with Gasteiger partial charge in [-0.25, -0.2) is 4.39 Å². The third-order valence-corrected chi connectivity index (χ3v) is 3.99. The number of ether oxygens (including phenoxy) is 1. The second-order valence-electron chi connectivity index (χ2n) is 5.34. The highest BCUT2D eigenvalue weighted by molar-refractivity contribution is 9.10. The van der Waals surface area contributed by atoms with Crippen molar-refractivity contribution in [2.75, 3.05) is 13.1 Å². The number of hydrogen-bond donors (Lipinski definition) is 0. The van der Waals surface area contributed by atoms with E-state index in [1.165, 1.54) is 18.2 Å². The molecular formula is C16H15BrF2N2O. The van der Waals surface area contributed by atoms with Crippen molar-refractivity contribution >= 4 is 15.9 Å². The van der Waals surface area contributed by atoms with E-state index in [1.807, 2.05) is 6.07 Å². The predicted molar refractivity (Wildman–Crippen MR) is 82.6 cm³/mol. The molecular weight excluding hydrogens is 354 g/mol. The van der Waals surface area contributed by atoms with Crippen LogP contribution in [-0.4, -0.2) is 29.1 Å². The lowest BCUT2D eigenvalue weighted by Crippen LogP contribution is -2.24. The van der Waals surface area contributed by atoms with E-state index in [0.29, 0.717) is 19.0 Å². The van der Waals surface area contributed by atoms with Crippen molar-refractivity contribution in [1.29, 1.82) is 0 Å². The van der Waals surface area contributed by atoms with Crippen LogP contribution in [0.15, 0.2) is 40.9 Å². The lowest BCUT2D eigenvalue weighted by Gasteiger charge is -2.17. The zero-order chi connectivity index (χ0) is 15.5. The molecule has 0 amide bonds. The van der Waals surface area contributed by atoms with Crippen LogP contribution in [0.25, 0.3) is 0 Å². The van der Waals surface area contributed by atoms with Crippen LogP contribution >= 0.6 is 15.9 Å². The van der Waals surface area contributed by atoms with E-state index in [9.17, 15) is 8.78 Å². The van der Waals surface area contributed by atoms with Crippen molar-refractivity contribution in [3.05, 3.63) is 58.2 Å². The number of rotatable bonds is 4. The highest BCUT2D eigenvalue weighted by Crippen LogP contribution is 2.21. The molecule has 0 bridgehead atoms. The molecule has 0 radical (unpaired) electrons. The minimum atomic E-state index is -0.544. The Morgan fingerprint density at radius 2 is 2.14 bits per heavy atom. The van der Waals surface area contributed by atoms with Crippen molar-refractivity contribution in [3.8, 4) is 5.88 Å². The lowest BCUT2D eigenvalue weighted by molar-refractivity contribution is 0.189. The molecule has 1 unspecified atom stereocenters. The normalized spacial score (nSPS) is 18.6. The molecule has 1 aliphatic heterocycles. The molecule has 116 valence electrons. The van der Waals surface area contributed by atoms with Gasteiger partial charge in [0.15, 0.2) is 0 Å². The second kappa shape index (κ2) is 6.71. The fraction of sp³-hybridized carbons (Fsp3) is 0.312. The van der Waals surface area contributed by atoms with Crippen molar-refractivity contribution in [2.45, 2.75) is 19.1 Å². The van der Waals surface area contributed by atoms with Crippen LogP contribution in [0.2, 0.25) is 0 Å². The van der Waals surface area contributed by atoms with Crippen LogP contribution in [0.4, 0.5) is 8.78 Å². The standard InChI is InChI=1S/C16H15BrF2N2O/c17-12-6-11(7-13(18)8-12)9-21-5-4-14(10-21)22-16-3-1-2-15(19)20-16/h1-3,6-8,14H,4-5,9-10H2. The summed E-state index contributed by atoms with van der Waals surface area (Å²) >= 11 is 3.30. The molecule has 1 saturated heterocycles. The first-order valence-corrected chi connectivity index (χ1v) is 7.84. The van der Waals surface area contributed by atoms with E-state index in [2.05, 4.69) is 25.8 Å². The molecule has 3 nitrogen and oxygen atoms in total. The second-order valence-corrected chi connectivity index (χ2v) is 6.26. The van der Waals surface area contributed by atoms with Gasteiger partial charge in [0, 0.05) is 30.2 Å². The summed E-state index contributed by atoms with van der Waals surface area (Å²) in [6, 6.07) is 9.40. The average molecular weight is 369 g/mol. The van der Waals surface area contributed by atoms with E-state index in [4.69, 9.17) is 4.74 Å². The van der Waals surface area contributed by atoms with Gasteiger partial charge >= 0.3 is 0 Å². The number of likely N-dealkylation sites (tertiary alicyclic amines) is 1. The molecule has 0 aliphatic carbocycles. The fourth-order valence-corrected chi connectivity index (χ4v) is 3.14. The van der Waals surface area contributed by atoms with Crippen molar-refractivity contribution in [2.24, 2.45) is 0 Å². The summed E-state index contributed by atoms with van der Waals surface area (Å²) in [6.45, 7) is 2.23. The molecule has 22 heavy (non-hydrogen) atoms. The van der Waals surface area contributed by atoms with Gasteiger partial charge in [0.2, 0.25) is 11.8 Å². The van der Waals surface area contributed by atoms with Crippen LogP contribution in [0, 0.1) is 11.8 Å². The van der Waals surface area contributed by atoms with Crippen LogP contribution in [0.1, 0.15) is 12.0 Å². The highest BCUT2D eigenvalue weighted by atomic mass is 79.9. The maximum atomic E-state index is 13.4. The minimum absolute atomic E-state index is 0.0219. The Morgan fingerprint density at radius 1 is 1.27 bits per heavy atom. The first-order valence-electron chi connectivity index (χ1n) is 7.05. The summed E-state index contributed by atoms with van der Waals surface area (Å²) in [7, 11) is 0. The Kier molecular flexibility index (Phi) is 4.69. The number of benzene rings is 1. The predicted octanol–water partition coefficient (Wildman–Crippen LogP) is 3.78. The molecule has 2 heterocycles. The zero-order valence-electron chi connectivity index (χ0n) is 11.8. The molecule has 3 rings (SSSR count). The Labute approximate surface area is 136 Å². The SMILES string of the molecule is Fc1cc(Br)cc(CN2CCC(Oc3cccc(F)n3)C2)c1. The van der Waals surface area contributed by atoms with Crippen LogP contribution in [0.5, 0.6) is 5.88 Å². The van der Waals surface area contributed by atoms with Crippen molar-refractivity contribution < 1.29 is 13.5 Å². The number of pyridine rings is 1. The Bertz CT molecular complexity index is 648. The topological polar surface area (TPSA) is 25.4 Å². The molecule has 1 aromatic heterocycles. The number of hydrogen-bond acceptors (Lipinski definition) is 3. The molecule has 0 spiro atoms. The molecule has 1 aromatic carbocycles. The lowest BCUT2D eigenvalue weighted by atomic mass is 10.2. The van der Waals surface area contributed by atoms with Crippen LogP contribution < -0.4 is 4.74 Å². The van der Waals surface area contributed by atoms with Crippen LogP contribution in [-0.2, 0) is 6.54 Å². The van der Waals surface area contributed by atoms with Gasteiger partial charge in [-0.2, -0.15) is 9.37 Å². The summed E-state index contributed by atoms with van der Waals surface area (Å²) in [5.74, 6) is -0.488. The van der Waals surface area contributed by atoms with Gasteiger partial charge < -0.3 is 4.74 Å². The summed E-state index contributed by atoms with van der Waals surface area (Å²) in [5.41, 5.74) is 0.913. The first kappa shape index (κ1) is 15.4. The molecule has 1 fully saturated rings. The maximum absolute atomic E-state index is 13.4. The van der Waals surface area contributed by atoms with Crippen molar-refractivity contribution in [1.82, 2.24) is 9.88 Å². The molecule has 6 heteroatoms. The van der Waals surface area contributed by atoms with Gasteiger partial charge in [-0.05, 0) is 36.2 Å². The minimum Gasteiger partial charge on any atom is -0.473 e. The van der Waals surface area contributed by atoms with Gasteiger partial charge in [0.05, 0.1) is 0 Å². The third-order valence-electron chi connectivity index (χ3n) is 3.53. The number of nitrogens with zero attached hydrogens (tertiary/aromatic N) is 2. The smallest absolute Gasteiger partial charge is 0.216 e. The summed E-state index contributed by atoms with van der Waals surface area (Å²) < 4.78 is 32.9. The monoisotopic (exact) mass is 368 g/mol. The van der Waals surface area contributed by atoms with E-state index < -0.39 is 5.95 Å². The third kappa shape index (κ3) is 4.01.